The number of amides is 4. The molecule has 0 aromatic carbocycles. The van der Waals surface area contributed by atoms with Crippen LogP contribution in [0.25, 0.3) is 6.08 Å². The molecular weight excluding hydrogens is 492 g/mol. The van der Waals surface area contributed by atoms with Crippen molar-refractivity contribution in [2.24, 2.45) is 4.99 Å². The van der Waals surface area contributed by atoms with Crippen LogP contribution in [0.4, 0.5) is 4.79 Å². The first-order valence-corrected chi connectivity index (χ1v) is 13.7. The van der Waals surface area contributed by atoms with Crippen LogP contribution in [-0.2, 0) is 23.3 Å². The van der Waals surface area contributed by atoms with Crippen molar-refractivity contribution in [1.82, 2.24) is 25.3 Å². The number of nitrogens with one attached hydrogen (secondary N) is 2. The van der Waals surface area contributed by atoms with E-state index in [0.29, 0.717) is 35.9 Å². The van der Waals surface area contributed by atoms with Gasteiger partial charge in [0, 0.05) is 38.3 Å². The van der Waals surface area contributed by atoms with Gasteiger partial charge in [-0.2, -0.15) is 0 Å². The Hall–Kier alpha value is -3.44. The Morgan fingerprint density at radius 1 is 1.11 bits per heavy atom. The van der Waals surface area contributed by atoms with Crippen molar-refractivity contribution in [3.05, 3.63) is 51.1 Å². The van der Waals surface area contributed by atoms with E-state index in [1.165, 1.54) is 11.3 Å². The fourth-order valence-electron chi connectivity index (χ4n) is 5.52. The van der Waals surface area contributed by atoms with E-state index in [2.05, 4.69) is 27.4 Å². The summed E-state index contributed by atoms with van der Waals surface area (Å²) in [5.41, 5.74) is 0.365. The Bertz CT molecular complexity index is 1300. The summed E-state index contributed by atoms with van der Waals surface area (Å²) in [5, 5.41) is 7.01. The average Bonchev–Trinajstić information content (AvgIpc) is 3.57. The molecule has 2 aromatic heterocycles. The van der Waals surface area contributed by atoms with Crippen molar-refractivity contribution in [1.29, 1.82) is 0 Å². The van der Waals surface area contributed by atoms with E-state index < -0.39 is 17.5 Å². The fraction of sp³-hybridized carbons (Fsp3) is 0.462. The topological polar surface area (TPSA) is 110 Å². The molecule has 0 saturated carbocycles. The van der Waals surface area contributed by atoms with E-state index in [9.17, 15) is 14.4 Å². The van der Waals surface area contributed by atoms with Crippen LogP contribution in [0.5, 0.6) is 0 Å². The lowest BCUT2D eigenvalue weighted by molar-refractivity contribution is -0.125. The van der Waals surface area contributed by atoms with Crippen LogP contribution in [0.3, 0.4) is 0 Å². The number of nitrogens with zero attached hydrogens (tertiary/aromatic N) is 4. The van der Waals surface area contributed by atoms with Crippen LogP contribution in [0.15, 0.2) is 33.0 Å². The van der Waals surface area contributed by atoms with Gasteiger partial charge in [0.25, 0.3) is 11.8 Å². The number of aliphatic imine (C=N–C) groups is 1. The second-order valence-corrected chi connectivity index (χ2v) is 10.8. The molecule has 2 aromatic rings. The summed E-state index contributed by atoms with van der Waals surface area (Å²) in [6.07, 6.45) is 5.71. The zero-order chi connectivity index (χ0) is 25.6. The summed E-state index contributed by atoms with van der Waals surface area (Å²) in [7, 11) is 0. The molecule has 0 radical (unpaired) electrons. The van der Waals surface area contributed by atoms with E-state index in [1.807, 2.05) is 23.6 Å². The van der Waals surface area contributed by atoms with Gasteiger partial charge in [0.15, 0.2) is 5.54 Å². The largest absolute Gasteiger partial charge is 0.458 e. The minimum Gasteiger partial charge on any atom is -0.458 e. The SMILES string of the molecule is CCCN1CCN(C2=NCc3cc(C4(CN5CCc6ccsc6C5=O)NC(=O)NC4=O)oc3C=C2)CC1. The van der Waals surface area contributed by atoms with Crippen molar-refractivity contribution < 1.29 is 18.8 Å². The zero-order valence-electron chi connectivity index (χ0n) is 20.8. The van der Waals surface area contributed by atoms with Crippen LogP contribution in [0, 0.1) is 0 Å². The first kappa shape index (κ1) is 23.9. The third kappa shape index (κ3) is 4.25. The summed E-state index contributed by atoms with van der Waals surface area (Å²) < 4.78 is 6.21. The van der Waals surface area contributed by atoms with Crippen LogP contribution < -0.4 is 10.6 Å². The van der Waals surface area contributed by atoms with Crippen LogP contribution in [0.2, 0.25) is 0 Å². The highest BCUT2D eigenvalue weighted by atomic mass is 32.1. The summed E-state index contributed by atoms with van der Waals surface area (Å²) in [6, 6.07) is 3.16. The fourth-order valence-corrected chi connectivity index (χ4v) is 6.44. The van der Waals surface area contributed by atoms with Crippen molar-refractivity contribution in [3.63, 3.8) is 0 Å². The molecule has 194 valence electrons. The Labute approximate surface area is 219 Å². The molecule has 2 N–H and O–H groups in total. The van der Waals surface area contributed by atoms with E-state index in [4.69, 9.17) is 9.41 Å². The molecule has 6 heterocycles. The number of rotatable bonds is 5. The lowest BCUT2D eigenvalue weighted by Crippen LogP contribution is -2.54. The number of fused-ring (bicyclic) bond motifs is 2. The van der Waals surface area contributed by atoms with Gasteiger partial charge >= 0.3 is 6.03 Å². The van der Waals surface area contributed by atoms with E-state index in [-0.39, 0.29) is 12.5 Å². The molecule has 4 aliphatic heterocycles. The molecule has 2 fully saturated rings. The molecule has 1 unspecified atom stereocenters. The number of carbonyl (C=O) groups excluding carboxylic acids is 3. The smallest absolute Gasteiger partial charge is 0.322 e. The quantitative estimate of drug-likeness (QED) is 0.582. The van der Waals surface area contributed by atoms with E-state index in [0.717, 1.165) is 56.1 Å². The Balaban J connectivity index is 1.23. The molecule has 2 saturated heterocycles. The third-order valence-corrected chi connectivity index (χ3v) is 8.49. The van der Waals surface area contributed by atoms with Crippen LogP contribution >= 0.6 is 11.3 Å². The molecular formula is C26H30N6O4S. The van der Waals surface area contributed by atoms with Crippen LogP contribution in [0.1, 0.15) is 45.7 Å². The van der Waals surface area contributed by atoms with Gasteiger partial charge in [0.1, 0.15) is 17.4 Å². The van der Waals surface area contributed by atoms with Crippen molar-refractivity contribution in [2.75, 3.05) is 45.8 Å². The summed E-state index contributed by atoms with van der Waals surface area (Å²) in [6.45, 7) is 8.10. The van der Waals surface area contributed by atoms with Crippen molar-refractivity contribution in [3.8, 4) is 0 Å². The highest BCUT2D eigenvalue weighted by molar-refractivity contribution is 7.12. The van der Waals surface area contributed by atoms with Gasteiger partial charge in [-0.3, -0.25) is 24.8 Å². The van der Waals surface area contributed by atoms with Crippen LogP contribution in [-0.4, -0.2) is 84.2 Å². The lowest BCUT2D eigenvalue weighted by Gasteiger charge is -2.35. The first-order chi connectivity index (χ1) is 18.0. The van der Waals surface area contributed by atoms with Gasteiger partial charge in [0.05, 0.1) is 18.0 Å². The van der Waals surface area contributed by atoms with E-state index in [1.54, 1.807) is 11.0 Å². The molecule has 0 spiro atoms. The molecule has 37 heavy (non-hydrogen) atoms. The monoisotopic (exact) mass is 522 g/mol. The standard InChI is InChI=1S/C26H30N6O4S/c1-2-7-30-9-11-31(12-10-30)21-4-3-19-18(15-27-21)14-20(36-19)26(24(34)28-25(35)29-26)16-32-8-5-17-6-13-37-22(17)23(32)33/h3-4,6,13-14H,2,5,7-12,15-16H2,1H3,(H2,28,29,34,35). The third-order valence-electron chi connectivity index (χ3n) is 7.54. The van der Waals surface area contributed by atoms with Gasteiger partial charge < -0.3 is 19.5 Å². The molecule has 4 aliphatic rings. The molecule has 1 atom stereocenters. The minimum absolute atomic E-state index is 0.00654. The number of hydrogen-bond acceptors (Lipinski definition) is 8. The molecule has 10 nitrogen and oxygen atoms in total. The molecule has 4 amide bonds. The van der Waals surface area contributed by atoms with Gasteiger partial charge in [-0.25, -0.2) is 4.79 Å². The predicted molar refractivity (Wildman–Crippen MR) is 139 cm³/mol. The number of urea groups is 1. The normalized spacial score (nSPS) is 23.9. The zero-order valence-corrected chi connectivity index (χ0v) is 21.6. The first-order valence-electron chi connectivity index (χ1n) is 12.8. The number of amidine groups is 1. The van der Waals surface area contributed by atoms with Gasteiger partial charge in [-0.05, 0) is 54.6 Å². The lowest BCUT2D eigenvalue weighted by atomic mass is 9.93. The molecule has 11 heteroatoms. The van der Waals surface area contributed by atoms with Crippen molar-refractivity contribution >= 4 is 41.1 Å². The molecule has 0 bridgehead atoms. The highest BCUT2D eigenvalue weighted by Crippen LogP contribution is 2.34. The Morgan fingerprint density at radius 3 is 2.70 bits per heavy atom. The second-order valence-electron chi connectivity index (χ2n) is 9.90. The predicted octanol–water partition coefficient (Wildman–Crippen LogP) is 2.03. The second kappa shape index (κ2) is 9.46. The maximum Gasteiger partial charge on any atom is 0.322 e. The highest BCUT2D eigenvalue weighted by Gasteiger charge is 2.52. The average molecular weight is 523 g/mol. The molecule has 6 rings (SSSR count). The maximum atomic E-state index is 13.1. The van der Waals surface area contributed by atoms with Gasteiger partial charge in [0.2, 0.25) is 0 Å². The minimum atomic E-state index is -1.50. The number of piperazine rings is 1. The summed E-state index contributed by atoms with van der Waals surface area (Å²) in [4.78, 5) is 50.5. The molecule has 0 aliphatic carbocycles. The van der Waals surface area contributed by atoms with Gasteiger partial charge in [-0.1, -0.05) is 6.92 Å². The number of imide groups is 1. The number of thiophene rings is 1. The summed E-state index contributed by atoms with van der Waals surface area (Å²) in [5.74, 6) is 1.19. The Morgan fingerprint density at radius 2 is 1.95 bits per heavy atom. The van der Waals surface area contributed by atoms with Crippen molar-refractivity contribution in [2.45, 2.75) is 31.8 Å². The number of hydrogen-bond donors (Lipinski definition) is 2. The maximum absolute atomic E-state index is 13.1. The number of carbonyl (C=O) groups is 3. The number of furan rings is 1. The Kier molecular flexibility index (Phi) is 6.12. The van der Waals surface area contributed by atoms with E-state index >= 15 is 0 Å². The van der Waals surface area contributed by atoms with Gasteiger partial charge in [-0.15, -0.1) is 11.3 Å². The summed E-state index contributed by atoms with van der Waals surface area (Å²) >= 11 is 1.40.